The first kappa shape index (κ1) is 27.4. The van der Waals surface area contributed by atoms with Crippen molar-refractivity contribution in [3.63, 3.8) is 0 Å². The largest absolute Gasteiger partial charge is 0.318 e. The van der Waals surface area contributed by atoms with E-state index >= 15 is 0 Å². The third-order valence-corrected chi connectivity index (χ3v) is 8.06. The summed E-state index contributed by atoms with van der Waals surface area (Å²) in [5.74, 6) is -1.01. The predicted molar refractivity (Wildman–Crippen MR) is 148 cm³/mol. The molecule has 0 aliphatic heterocycles. The van der Waals surface area contributed by atoms with E-state index in [-0.39, 0.29) is 21.4 Å². The molecule has 0 saturated carbocycles. The van der Waals surface area contributed by atoms with E-state index in [0.29, 0.717) is 5.02 Å². The van der Waals surface area contributed by atoms with Gasteiger partial charge in [0.05, 0.1) is 21.8 Å². The normalized spacial score (nSPS) is 11.6. The van der Waals surface area contributed by atoms with Gasteiger partial charge in [-0.15, -0.1) is 0 Å². The quantitative estimate of drug-likeness (QED) is 0.211. The third kappa shape index (κ3) is 5.91. The average Bonchev–Trinajstić information content (AvgIpc) is 3.16. The zero-order chi connectivity index (χ0) is 27.4. The van der Waals surface area contributed by atoms with E-state index in [1.165, 1.54) is 48.7 Å². The van der Waals surface area contributed by atoms with Crippen LogP contribution in [-0.4, -0.2) is 31.7 Å². The first-order valence-corrected chi connectivity index (χ1v) is 13.6. The molecule has 0 saturated heterocycles. The van der Waals surface area contributed by atoms with Gasteiger partial charge in [0.1, 0.15) is 12.4 Å². The molecule has 4 aromatic rings. The number of carbonyl (C=O) groups is 1. The maximum absolute atomic E-state index is 13.4. The highest BCUT2D eigenvalue weighted by Crippen LogP contribution is 2.32. The fourth-order valence-electron chi connectivity index (χ4n) is 3.95. The standard InChI is InChI=1S/C27H23Cl2FN4O3S/c1-18-14-20(19(2)34(18)23-11-9-22(30)10-12-23)16-31-32-27(35)17-33(26-13-8-21(28)15-25(26)29)38(36,37)24-6-4-3-5-7-24/h3-16H,17H2,1-2H3,(H,32,35)/b31-16+. The smallest absolute Gasteiger partial charge is 0.264 e. The SMILES string of the molecule is Cc1cc(/C=N/NC(=O)CN(c2ccc(Cl)cc2Cl)S(=O)(=O)c2ccccc2)c(C)n1-c1ccc(F)cc1. The number of nitrogens with one attached hydrogen (secondary N) is 1. The van der Waals surface area contributed by atoms with Crippen molar-refractivity contribution in [2.45, 2.75) is 18.7 Å². The lowest BCUT2D eigenvalue weighted by Gasteiger charge is -2.24. The van der Waals surface area contributed by atoms with Crippen LogP contribution < -0.4 is 9.73 Å². The number of hydrogen-bond donors (Lipinski definition) is 1. The van der Waals surface area contributed by atoms with E-state index in [9.17, 15) is 17.6 Å². The number of amides is 1. The number of benzene rings is 3. The highest BCUT2D eigenvalue weighted by Gasteiger charge is 2.28. The van der Waals surface area contributed by atoms with Gasteiger partial charge in [0.25, 0.3) is 15.9 Å². The second-order valence-electron chi connectivity index (χ2n) is 8.35. The molecule has 0 aliphatic rings. The molecule has 0 atom stereocenters. The molecule has 0 unspecified atom stereocenters. The number of aromatic nitrogens is 1. The lowest BCUT2D eigenvalue weighted by atomic mass is 10.2. The van der Waals surface area contributed by atoms with Gasteiger partial charge in [-0.25, -0.2) is 18.2 Å². The van der Waals surface area contributed by atoms with E-state index in [0.717, 1.165) is 26.9 Å². The number of halogens is 3. The van der Waals surface area contributed by atoms with Gasteiger partial charge in [-0.05, 0) is 74.5 Å². The van der Waals surface area contributed by atoms with Gasteiger partial charge >= 0.3 is 0 Å². The number of hydrogen-bond acceptors (Lipinski definition) is 4. The van der Waals surface area contributed by atoms with Gasteiger partial charge in [-0.2, -0.15) is 5.10 Å². The molecule has 196 valence electrons. The molecule has 4 rings (SSSR count). The Balaban J connectivity index is 1.56. The first-order chi connectivity index (χ1) is 18.1. The van der Waals surface area contributed by atoms with Crippen molar-refractivity contribution in [2.75, 3.05) is 10.8 Å². The number of rotatable bonds is 8. The fraction of sp³-hybridized carbons (Fsp3) is 0.111. The van der Waals surface area contributed by atoms with E-state index < -0.39 is 22.5 Å². The van der Waals surface area contributed by atoms with Crippen molar-refractivity contribution in [1.82, 2.24) is 9.99 Å². The summed E-state index contributed by atoms with van der Waals surface area (Å²) < 4.78 is 43.0. The second-order valence-corrected chi connectivity index (χ2v) is 11.1. The Morgan fingerprint density at radius 3 is 2.37 bits per heavy atom. The lowest BCUT2D eigenvalue weighted by Crippen LogP contribution is -2.39. The zero-order valence-electron chi connectivity index (χ0n) is 20.4. The Morgan fingerprint density at radius 1 is 1.03 bits per heavy atom. The topological polar surface area (TPSA) is 83.8 Å². The van der Waals surface area contributed by atoms with Crippen LogP contribution in [0.2, 0.25) is 10.0 Å². The van der Waals surface area contributed by atoms with Gasteiger partial charge < -0.3 is 4.57 Å². The summed E-state index contributed by atoms with van der Waals surface area (Å²) in [6.45, 7) is 3.19. The molecular weight excluding hydrogens is 550 g/mol. The molecule has 0 aliphatic carbocycles. The summed E-state index contributed by atoms with van der Waals surface area (Å²) in [6, 6.07) is 20.0. The Labute approximate surface area is 230 Å². The minimum absolute atomic E-state index is 0.00412. The predicted octanol–water partition coefficient (Wildman–Crippen LogP) is 5.89. The number of aryl methyl sites for hydroxylation is 1. The average molecular weight is 573 g/mol. The lowest BCUT2D eigenvalue weighted by molar-refractivity contribution is -0.119. The van der Waals surface area contributed by atoms with Crippen molar-refractivity contribution in [3.8, 4) is 5.69 Å². The van der Waals surface area contributed by atoms with Gasteiger partial charge in [0.2, 0.25) is 0 Å². The fourth-order valence-corrected chi connectivity index (χ4v) is 5.97. The highest BCUT2D eigenvalue weighted by molar-refractivity contribution is 7.92. The van der Waals surface area contributed by atoms with Gasteiger partial charge in [-0.1, -0.05) is 41.4 Å². The molecule has 11 heteroatoms. The minimum Gasteiger partial charge on any atom is -0.318 e. The number of carbonyl (C=O) groups excluding carboxylic acids is 1. The Hall–Kier alpha value is -3.66. The summed E-state index contributed by atoms with van der Waals surface area (Å²) in [5, 5.41) is 4.42. The van der Waals surface area contributed by atoms with Crippen molar-refractivity contribution >= 4 is 51.0 Å². The van der Waals surface area contributed by atoms with Crippen molar-refractivity contribution < 1.29 is 17.6 Å². The molecule has 3 aromatic carbocycles. The maximum Gasteiger partial charge on any atom is 0.264 e. The molecule has 0 radical (unpaired) electrons. The molecule has 1 N–H and O–H groups in total. The van der Waals surface area contributed by atoms with Crippen molar-refractivity contribution in [3.05, 3.63) is 112 Å². The van der Waals surface area contributed by atoms with Crippen LogP contribution >= 0.6 is 23.2 Å². The van der Waals surface area contributed by atoms with Crippen LogP contribution in [0.4, 0.5) is 10.1 Å². The minimum atomic E-state index is -4.14. The van der Waals surface area contributed by atoms with Crippen LogP contribution in [0.25, 0.3) is 5.69 Å². The molecule has 1 heterocycles. The molecule has 7 nitrogen and oxygen atoms in total. The van der Waals surface area contributed by atoms with Crippen molar-refractivity contribution in [1.29, 1.82) is 0 Å². The third-order valence-electron chi connectivity index (χ3n) is 5.74. The number of hydrazone groups is 1. The molecule has 0 spiro atoms. The van der Waals surface area contributed by atoms with Gasteiger partial charge in [0.15, 0.2) is 0 Å². The Bertz CT molecular complexity index is 1610. The molecule has 1 aromatic heterocycles. The molecule has 0 fully saturated rings. The van der Waals surface area contributed by atoms with Crippen LogP contribution in [0.3, 0.4) is 0 Å². The maximum atomic E-state index is 13.4. The summed E-state index contributed by atoms with van der Waals surface area (Å²) in [7, 11) is -4.14. The van der Waals surface area contributed by atoms with Crippen molar-refractivity contribution in [2.24, 2.45) is 5.10 Å². The van der Waals surface area contributed by atoms with Crippen LogP contribution in [0.15, 0.2) is 88.9 Å². The van der Waals surface area contributed by atoms with Crippen LogP contribution in [-0.2, 0) is 14.8 Å². The molecule has 38 heavy (non-hydrogen) atoms. The summed E-state index contributed by atoms with van der Waals surface area (Å²) >= 11 is 12.3. The second kappa shape index (κ2) is 11.4. The summed E-state index contributed by atoms with van der Waals surface area (Å²) in [5.41, 5.74) is 5.71. The molecule has 1 amide bonds. The summed E-state index contributed by atoms with van der Waals surface area (Å²) in [6.07, 6.45) is 1.46. The van der Waals surface area contributed by atoms with Gasteiger partial charge in [0, 0.05) is 27.7 Å². The number of anilines is 1. The van der Waals surface area contributed by atoms with E-state index in [2.05, 4.69) is 10.5 Å². The van der Waals surface area contributed by atoms with Crippen LogP contribution in [0.1, 0.15) is 17.0 Å². The summed E-state index contributed by atoms with van der Waals surface area (Å²) in [4.78, 5) is 12.8. The van der Waals surface area contributed by atoms with E-state index in [1.54, 1.807) is 30.3 Å². The van der Waals surface area contributed by atoms with Gasteiger partial charge in [-0.3, -0.25) is 9.10 Å². The first-order valence-electron chi connectivity index (χ1n) is 11.4. The Kier molecular flexibility index (Phi) is 8.20. The monoisotopic (exact) mass is 572 g/mol. The Morgan fingerprint density at radius 2 is 1.71 bits per heavy atom. The number of sulfonamides is 1. The number of nitrogens with zero attached hydrogens (tertiary/aromatic N) is 3. The van der Waals surface area contributed by atoms with E-state index in [1.807, 2.05) is 24.5 Å². The van der Waals surface area contributed by atoms with Crippen LogP contribution in [0, 0.1) is 19.7 Å². The molecular formula is C27H23Cl2FN4O3S. The zero-order valence-corrected chi connectivity index (χ0v) is 22.7. The molecule has 0 bridgehead atoms. The highest BCUT2D eigenvalue weighted by atomic mass is 35.5. The van der Waals surface area contributed by atoms with E-state index in [4.69, 9.17) is 23.2 Å². The van der Waals surface area contributed by atoms with Crippen LogP contribution in [0.5, 0.6) is 0 Å².